The van der Waals surface area contributed by atoms with Crippen molar-refractivity contribution >= 4 is 32.2 Å². The highest BCUT2D eigenvalue weighted by molar-refractivity contribution is 7.85. The van der Waals surface area contributed by atoms with E-state index >= 15 is 0 Å². The molecule has 2 saturated carbocycles. The van der Waals surface area contributed by atoms with Crippen molar-refractivity contribution in [2.45, 2.75) is 81.2 Å². The van der Waals surface area contributed by atoms with Gasteiger partial charge in [-0.25, -0.2) is 17.4 Å². The topological polar surface area (TPSA) is 77.5 Å². The average molecular weight is 506 g/mol. The Morgan fingerprint density at radius 2 is 1.44 bits per heavy atom. The third-order valence-electron chi connectivity index (χ3n) is 7.57. The van der Waals surface area contributed by atoms with Crippen molar-refractivity contribution in [3.8, 4) is 0 Å². The van der Waals surface area contributed by atoms with Crippen molar-refractivity contribution < 1.29 is 17.5 Å². The molecule has 2 heterocycles. The second-order valence-corrected chi connectivity index (χ2v) is 11.4. The molecule has 2 aliphatic rings. The van der Waals surface area contributed by atoms with Crippen LogP contribution in [0.3, 0.4) is 0 Å². The number of hydrogen-bond acceptors (Lipinski definition) is 4. The molecular weight excluding hydrogens is 470 g/mol. The molecule has 0 atom stereocenters. The van der Waals surface area contributed by atoms with E-state index in [4.69, 9.17) is 0 Å². The summed E-state index contributed by atoms with van der Waals surface area (Å²) in [4.78, 5) is -0.185. The molecule has 0 unspecified atom stereocenters. The number of hydrogen-bond donors (Lipinski definition) is 1. The normalized spacial score (nSPS) is 17.6. The van der Waals surface area contributed by atoms with E-state index in [1.54, 1.807) is 6.07 Å². The van der Waals surface area contributed by atoms with Gasteiger partial charge in [0.15, 0.2) is 11.8 Å². The molecule has 0 aliphatic heterocycles. The largest absolute Gasteiger partial charge is 0.744 e. The first-order valence-electron chi connectivity index (χ1n) is 13.2. The molecule has 6 nitrogen and oxygen atoms in total. The molecule has 36 heavy (non-hydrogen) atoms. The van der Waals surface area contributed by atoms with Crippen LogP contribution < -0.4 is 9.88 Å². The monoisotopic (exact) mass is 505 g/mol. The highest BCUT2D eigenvalue weighted by Crippen LogP contribution is 2.31. The molecule has 0 saturated heterocycles. The van der Waals surface area contributed by atoms with Crippen LogP contribution in [0.1, 0.15) is 70.3 Å². The summed E-state index contributed by atoms with van der Waals surface area (Å²) in [6.45, 7) is 0. The standard InChI is InChI=1S/C23H30N3.C6H6O3S/c1-3-10-19(11-4-1)24-23-22-21-14-8-7-9-18(21)15-16-25(22)17-26(23)20-12-5-2-6-13-20;7-10(8,9)6-4-2-1-3-5-6/h7-9,14-17,19-20,24H,1-6,10-13H2;1-5H,(H,7,8,9)/q+1;/p-1. The number of rotatable bonds is 4. The Labute approximate surface area is 213 Å². The SMILES string of the molecule is O=S(=O)([O-])c1ccccc1.c1ccc2c(c1)ccn1c[n+](C3CCCCC3)c(NC3CCCCC3)c21. The quantitative estimate of drug-likeness (QED) is 0.264. The zero-order chi connectivity index (χ0) is 25.0. The van der Waals surface area contributed by atoms with Crippen molar-refractivity contribution in [3.63, 3.8) is 0 Å². The van der Waals surface area contributed by atoms with Gasteiger partial charge < -0.3 is 4.55 Å². The van der Waals surface area contributed by atoms with E-state index in [0.717, 1.165) is 0 Å². The van der Waals surface area contributed by atoms with Crippen LogP contribution in [0.5, 0.6) is 0 Å². The lowest BCUT2D eigenvalue weighted by Gasteiger charge is -2.24. The second-order valence-electron chi connectivity index (χ2n) is 10.1. The van der Waals surface area contributed by atoms with Gasteiger partial charge in [0.1, 0.15) is 10.1 Å². The lowest BCUT2D eigenvalue weighted by atomic mass is 9.94. The first-order valence-corrected chi connectivity index (χ1v) is 14.6. The number of benzene rings is 2. The molecule has 2 fully saturated rings. The second kappa shape index (κ2) is 11.0. The molecule has 2 aromatic heterocycles. The lowest BCUT2D eigenvalue weighted by Crippen LogP contribution is -2.43. The third-order valence-corrected chi connectivity index (χ3v) is 8.42. The van der Waals surface area contributed by atoms with Gasteiger partial charge in [-0.3, -0.25) is 5.32 Å². The Kier molecular flexibility index (Phi) is 7.58. The predicted molar refractivity (Wildman–Crippen MR) is 142 cm³/mol. The number of nitrogens with one attached hydrogen (secondary N) is 1. The summed E-state index contributed by atoms with van der Waals surface area (Å²) >= 11 is 0. The maximum absolute atomic E-state index is 10.3. The summed E-state index contributed by atoms with van der Waals surface area (Å²) in [5.41, 5.74) is 1.36. The number of anilines is 1. The van der Waals surface area contributed by atoms with Crippen LogP contribution in [-0.4, -0.2) is 23.4 Å². The van der Waals surface area contributed by atoms with Crippen LogP contribution in [0, 0.1) is 0 Å². The molecule has 0 amide bonds. The van der Waals surface area contributed by atoms with Gasteiger partial charge in [-0.15, -0.1) is 0 Å². The van der Waals surface area contributed by atoms with Crippen LogP contribution >= 0.6 is 0 Å². The van der Waals surface area contributed by atoms with Gasteiger partial charge in [-0.1, -0.05) is 68.1 Å². The molecular formula is C29H35N3O3S. The highest BCUT2D eigenvalue weighted by atomic mass is 32.2. The number of fused-ring (bicyclic) bond motifs is 3. The fraction of sp³-hybridized carbons (Fsp3) is 0.414. The van der Waals surface area contributed by atoms with Crippen LogP contribution in [0.4, 0.5) is 5.82 Å². The van der Waals surface area contributed by atoms with Gasteiger partial charge in [0, 0.05) is 5.39 Å². The molecule has 6 rings (SSSR count). The van der Waals surface area contributed by atoms with Crippen molar-refractivity contribution in [2.24, 2.45) is 0 Å². The Morgan fingerprint density at radius 3 is 2.11 bits per heavy atom. The van der Waals surface area contributed by atoms with E-state index in [1.807, 2.05) is 0 Å². The Balaban J connectivity index is 0.000000226. The van der Waals surface area contributed by atoms with Crippen molar-refractivity contribution in [2.75, 3.05) is 5.32 Å². The van der Waals surface area contributed by atoms with E-state index in [2.05, 4.69) is 57.1 Å². The van der Waals surface area contributed by atoms with Crippen molar-refractivity contribution in [3.05, 3.63) is 73.2 Å². The number of aromatic nitrogens is 2. The zero-order valence-corrected chi connectivity index (χ0v) is 21.5. The fourth-order valence-electron chi connectivity index (χ4n) is 5.70. The molecule has 0 bridgehead atoms. The average Bonchev–Trinajstić information content (AvgIpc) is 3.29. The van der Waals surface area contributed by atoms with Crippen molar-refractivity contribution in [1.82, 2.24) is 4.40 Å². The third kappa shape index (κ3) is 5.57. The van der Waals surface area contributed by atoms with Crippen LogP contribution in [-0.2, 0) is 10.1 Å². The molecule has 2 aliphatic carbocycles. The zero-order valence-electron chi connectivity index (χ0n) is 20.7. The first-order chi connectivity index (χ1) is 17.5. The summed E-state index contributed by atoms with van der Waals surface area (Å²) in [7, 11) is -4.25. The van der Waals surface area contributed by atoms with Gasteiger partial charge >= 0.3 is 0 Å². The van der Waals surface area contributed by atoms with Gasteiger partial charge in [0.25, 0.3) is 5.82 Å². The van der Waals surface area contributed by atoms with E-state index in [1.165, 1.54) is 111 Å². The van der Waals surface area contributed by atoms with E-state index < -0.39 is 10.1 Å². The number of pyridine rings is 1. The lowest BCUT2D eigenvalue weighted by molar-refractivity contribution is -0.711. The van der Waals surface area contributed by atoms with Gasteiger partial charge in [0.05, 0.1) is 23.2 Å². The Hall–Kier alpha value is -2.90. The summed E-state index contributed by atoms with van der Waals surface area (Å²) in [5, 5.41) is 6.70. The number of nitrogens with zero attached hydrogens (tertiary/aromatic N) is 2. The van der Waals surface area contributed by atoms with Crippen molar-refractivity contribution in [1.29, 1.82) is 0 Å². The molecule has 2 aromatic carbocycles. The first kappa shape index (κ1) is 24.8. The van der Waals surface area contributed by atoms with E-state index in [9.17, 15) is 13.0 Å². The van der Waals surface area contributed by atoms with Crippen LogP contribution in [0.15, 0.2) is 78.1 Å². The fourth-order valence-corrected chi connectivity index (χ4v) is 6.19. The molecule has 0 radical (unpaired) electrons. The smallest absolute Gasteiger partial charge is 0.262 e. The predicted octanol–water partition coefficient (Wildman–Crippen LogP) is 6.22. The van der Waals surface area contributed by atoms with Crippen LogP contribution in [0.2, 0.25) is 0 Å². The summed E-state index contributed by atoms with van der Waals surface area (Å²) in [6.07, 6.45) is 18.1. The minimum absolute atomic E-state index is 0.185. The summed E-state index contributed by atoms with van der Waals surface area (Å²) in [5.74, 6) is 1.36. The van der Waals surface area contributed by atoms with E-state index in [0.29, 0.717) is 12.1 Å². The van der Waals surface area contributed by atoms with Gasteiger partial charge in [-0.05, 0) is 62.1 Å². The van der Waals surface area contributed by atoms with Crippen LogP contribution in [0.25, 0.3) is 16.3 Å². The minimum atomic E-state index is -4.25. The summed E-state index contributed by atoms with van der Waals surface area (Å²) in [6, 6.07) is 19.5. The highest BCUT2D eigenvalue weighted by Gasteiger charge is 2.29. The maximum atomic E-state index is 10.3. The molecule has 7 heteroatoms. The summed E-state index contributed by atoms with van der Waals surface area (Å²) < 4.78 is 35.8. The Morgan fingerprint density at radius 1 is 0.806 bits per heavy atom. The van der Waals surface area contributed by atoms with E-state index in [-0.39, 0.29) is 4.90 Å². The molecule has 0 spiro atoms. The maximum Gasteiger partial charge on any atom is 0.262 e. The molecule has 1 N–H and O–H groups in total. The molecule has 190 valence electrons. The Bertz CT molecular complexity index is 1400. The molecule has 4 aromatic rings. The number of imidazole rings is 1. The van der Waals surface area contributed by atoms with Gasteiger partial charge in [-0.2, -0.15) is 0 Å². The minimum Gasteiger partial charge on any atom is -0.744 e. The van der Waals surface area contributed by atoms with Gasteiger partial charge in [0.2, 0.25) is 0 Å².